The maximum atomic E-state index is 11.4. The Kier molecular flexibility index (Phi) is 5.03. The van der Waals surface area contributed by atoms with E-state index in [0.29, 0.717) is 6.61 Å². The fraction of sp³-hybridized carbons (Fsp3) is 0.500. The molecule has 5 heteroatoms. The third-order valence-corrected chi connectivity index (χ3v) is 5.25. The van der Waals surface area contributed by atoms with E-state index in [9.17, 15) is 4.79 Å². The van der Waals surface area contributed by atoms with Crippen molar-refractivity contribution in [1.82, 2.24) is 0 Å². The molecular formula is C10H14Cl2O2S. The van der Waals surface area contributed by atoms with Gasteiger partial charge in [-0.05, 0) is 41.6 Å². The van der Waals surface area contributed by atoms with E-state index in [-0.39, 0.29) is 12.4 Å². The van der Waals surface area contributed by atoms with E-state index >= 15 is 0 Å². The Balaban J connectivity index is 2.33. The molecule has 0 aromatic rings. The van der Waals surface area contributed by atoms with E-state index in [2.05, 4.69) is 0 Å². The molecule has 2 nitrogen and oxygen atoms in total. The number of unbranched alkanes of at least 4 members (excludes halogenated alkanes) is 1. The average Bonchev–Trinajstić information content (AvgIpc) is 2.46. The average molecular weight is 269 g/mol. The summed E-state index contributed by atoms with van der Waals surface area (Å²) in [5.41, 5.74) is 0. The minimum Gasteiger partial charge on any atom is -0.465 e. The van der Waals surface area contributed by atoms with Gasteiger partial charge in [-0.1, -0.05) is 25.5 Å². The van der Waals surface area contributed by atoms with Crippen LogP contribution in [0.4, 0.5) is 0 Å². The van der Waals surface area contributed by atoms with Crippen molar-refractivity contribution in [3.05, 3.63) is 22.5 Å². The largest absolute Gasteiger partial charge is 0.465 e. The number of rotatable bonds is 5. The quantitative estimate of drug-likeness (QED) is 0.551. The first-order chi connectivity index (χ1) is 7.06. The zero-order valence-corrected chi connectivity index (χ0v) is 10.9. The van der Waals surface area contributed by atoms with Gasteiger partial charge in [-0.15, -0.1) is 0 Å². The fourth-order valence-corrected chi connectivity index (χ4v) is 3.12. The van der Waals surface area contributed by atoms with E-state index < -0.39 is 8.46 Å². The summed E-state index contributed by atoms with van der Waals surface area (Å²) < 4.78 is 5.03. The van der Waals surface area contributed by atoms with Crippen LogP contribution in [0.2, 0.25) is 0 Å². The summed E-state index contributed by atoms with van der Waals surface area (Å²) in [6.07, 6.45) is 5.67. The van der Waals surface area contributed by atoms with Crippen LogP contribution in [0.3, 0.4) is 0 Å². The second-order valence-electron chi connectivity index (χ2n) is 3.22. The third-order valence-electron chi connectivity index (χ3n) is 1.96. The van der Waals surface area contributed by atoms with Crippen molar-refractivity contribution >= 4 is 35.8 Å². The highest BCUT2D eigenvalue weighted by molar-refractivity contribution is 8.70. The van der Waals surface area contributed by atoms with Gasteiger partial charge in [-0.25, -0.2) is 0 Å². The highest BCUT2D eigenvalue weighted by atomic mass is 36.0. The molecule has 0 amide bonds. The van der Waals surface area contributed by atoms with Crippen LogP contribution in [0.25, 0.3) is 0 Å². The predicted octanol–water partition coefficient (Wildman–Crippen LogP) is 4.24. The summed E-state index contributed by atoms with van der Waals surface area (Å²) in [4.78, 5) is 12.1. The van der Waals surface area contributed by atoms with Crippen molar-refractivity contribution in [2.45, 2.75) is 26.2 Å². The summed E-state index contributed by atoms with van der Waals surface area (Å²) in [7, 11) is 10.2. The first-order valence-electron chi connectivity index (χ1n) is 4.81. The number of carbonyl (C=O) groups excluding carboxylic acids is 1. The zero-order chi connectivity index (χ0) is 11.3. The molecule has 1 aliphatic heterocycles. The normalized spacial score (nSPS) is 19.8. The van der Waals surface area contributed by atoms with Crippen LogP contribution in [-0.4, -0.2) is 12.6 Å². The molecule has 0 saturated carbocycles. The lowest BCUT2D eigenvalue weighted by atomic mass is 10.3. The molecule has 0 atom stereocenters. The van der Waals surface area contributed by atoms with Crippen molar-refractivity contribution in [3.63, 3.8) is 0 Å². The number of hydrogen-bond acceptors (Lipinski definition) is 2. The van der Waals surface area contributed by atoms with Crippen LogP contribution in [0.5, 0.6) is 0 Å². The highest BCUT2D eigenvalue weighted by Crippen LogP contribution is 2.69. The smallest absolute Gasteiger partial charge is 0.310 e. The van der Waals surface area contributed by atoms with Crippen molar-refractivity contribution in [3.8, 4) is 0 Å². The third kappa shape index (κ3) is 4.09. The second-order valence-corrected chi connectivity index (χ2v) is 8.43. The molecule has 0 aromatic carbocycles. The predicted molar refractivity (Wildman–Crippen MR) is 67.0 cm³/mol. The number of ether oxygens (including phenoxy) is 1. The summed E-state index contributed by atoms with van der Waals surface area (Å²) in [6, 6.07) is 0. The Labute approximate surface area is 101 Å². The SMILES string of the molecule is CCCCOC(=O)CC1=CC=CS1(Cl)Cl. The van der Waals surface area contributed by atoms with Crippen LogP contribution in [0, 0.1) is 0 Å². The van der Waals surface area contributed by atoms with Crippen LogP contribution < -0.4 is 0 Å². The first-order valence-corrected chi connectivity index (χ1v) is 8.16. The molecule has 1 aliphatic rings. The molecule has 0 fully saturated rings. The molecule has 0 unspecified atom stereocenters. The molecule has 0 aliphatic carbocycles. The van der Waals surface area contributed by atoms with Gasteiger partial charge in [0, 0.05) is 4.91 Å². The molecule has 0 saturated heterocycles. The molecule has 86 valence electrons. The van der Waals surface area contributed by atoms with Gasteiger partial charge < -0.3 is 4.74 Å². The topological polar surface area (TPSA) is 26.3 Å². The Hall–Kier alpha value is -0.120. The molecule has 1 heterocycles. The number of halogens is 2. The number of carbonyl (C=O) groups is 1. The Morgan fingerprint density at radius 2 is 2.27 bits per heavy atom. The van der Waals surface area contributed by atoms with E-state index in [1.165, 1.54) is 0 Å². The lowest BCUT2D eigenvalue weighted by Crippen LogP contribution is -2.06. The maximum absolute atomic E-state index is 11.4. The number of hydrogen-bond donors (Lipinski definition) is 0. The standard InChI is InChI=1S/C10H14Cl2O2S/c1-2-3-6-14-10(13)8-9-5-4-7-15(9,11)12/h4-5,7H,2-3,6,8H2,1H3. The summed E-state index contributed by atoms with van der Waals surface area (Å²) in [5.74, 6) is -0.253. The van der Waals surface area contributed by atoms with Crippen LogP contribution in [0.1, 0.15) is 26.2 Å². The van der Waals surface area contributed by atoms with Gasteiger partial charge in [0.2, 0.25) is 0 Å². The molecular weight excluding hydrogens is 255 g/mol. The van der Waals surface area contributed by atoms with Gasteiger partial charge in [-0.2, -0.15) is 0 Å². The van der Waals surface area contributed by atoms with Crippen molar-refractivity contribution in [2.75, 3.05) is 6.61 Å². The summed E-state index contributed by atoms with van der Waals surface area (Å²) in [6.45, 7) is 2.52. The lowest BCUT2D eigenvalue weighted by Gasteiger charge is -2.19. The monoisotopic (exact) mass is 268 g/mol. The van der Waals surface area contributed by atoms with Gasteiger partial charge in [0.25, 0.3) is 0 Å². The molecule has 0 aromatic heterocycles. The van der Waals surface area contributed by atoms with Gasteiger partial charge in [0.15, 0.2) is 0 Å². The van der Waals surface area contributed by atoms with Gasteiger partial charge in [-0.3, -0.25) is 4.79 Å². The summed E-state index contributed by atoms with van der Waals surface area (Å²) >= 11 is 0. The number of esters is 1. The first kappa shape index (κ1) is 12.9. The van der Waals surface area contributed by atoms with Gasteiger partial charge in [0.1, 0.15) is 0 Å². The maximum Gasteiger partial charge on any atom is 0.310 e. The van der Waals surface area contributed by atoms with Crippen LogP contribution >= 0.6 is 29.8 Å². The number of allylic oxidation sites excluding steroid dienone is 2. The minimum atomic E-state index is -1.89. The minimum absolute atomic E-state index is 0.193. The van der Waals surface area contributed by atoms with Gasteiger partial charge in [0.05, 0.1) is 13.0 Å². The van der Waals surface area contributed by atoms with Crippen molar-refractivity contribution < 1.29 is 9.53 Å². The molecule has 0 N–H and O–H groups in total. The van der Waals surface area contributed by atoms with E-state index in [4.69, 9.17) is 26.1 Å². The Bertz CT molecular complexity index is 298. The molecule has 0 radical (unpaired) electrons. The molecule has 0 spiro atoms. The van der Waals surface area contributed by atoms with Crippen LogP contribution in [0.15, 0.2) is 22.5 Å². The van der Waals surface area contributed by atoms with Crippen molar-refractivity contribution in [1.29, 1.82) is 0 Å². The van der Waals surface area contributed by atoms with Gasteiger partial charge >= 0.3 is 5.97 Å². The fourth-order valence-electron chi connectivity index (χ4n) is 1.10. The molecule has 1 rings (SSSR count). The zero-order valence-electron chi connectivity index (χ0n) is 8.54. The van der Waals surface area contributed by atoms with E-state index in [0.717, 1.165) is 17.7 Å². The second kappa shape index (κ2) is 5.83. The Morgan fingerprint density at radius 1 is 1.53 bits per heavy atom. The van der Waals surface area contributed by atoms with Crippen LogP contribution in [-0.2, 0) is 9.53 Å². The summed E-state index contributed by atoms with van der Waals surface area (Å²) in [5, 5.41) is 1.73. The molecule has 0 bridgehead atoms. The highest BCUT2D eigenvalue weighted by Gasteiger charge is 2.25. The van der Waals surface area contributed by atoms with Crippen molar-refractivity contribution in [2.24, 2.45) is 0 Å². The molecule has 15 heavy (non-hydrogen) atoms. The lowest BCUT2D eigenvalue weighted by molar-refractivity contribution is -0.142. The van der Waals surface area contributed by atoms with E-state index in [1.807, 2.05) is 6.92 Å². The van der Waals surface area contributed by atoms with E-state index in [1.54, 1.807) is 17.6 Å². The Morgan fingerprint density at radius 3 is 2.80 bits per heavy atom.